The standard InChI is InChI=1S/C18H26FNO2/c1-2-13-3-7-15(8-4-13)18(21)22-17-9-5-14(6-10-17)11-16(19)12-20/h11,13-15,17H,2-10H2,1H3/t13-,14-,15-,17-. The number of rotatable bonds is 4. The van der Waals surface area contributed by atoms with Gasteiger partial charge in [0.25, 0.3) is 0 Å². The molecule has 0 aromatic carbocycles. The Morgan fingerprint density at radius 2 is 1.82 bits per heavy atom. The first kappa shape index (κ1) is 17.0. The van der Waals surface area contributed by atoms with Gasteiger partial charge < -0.3 is 4.74 Å². The van der Waals surface area contributed by atoms with E-state index < -0.39 is 5.83 Å². The Balaban J connectivity index is 1.72. The van der Waals surface area contributed by atoms with Crippen LogP contribution in [0.2, 0.25) is 0 Å². The fraction of sp³-hybridized carbons (Fsp3) is 0.778. The number of hydrogen-bond donors (Lipinski definition) is 0. The quantitative estimate of drug-likeness (QED) is 0.559. The summed E-state index contributed by atoms with van der Waals surface area (Å²) in [5.41, 5.74) is 0. The van der Waals surface area contributed by atoms with Gasteiger partial charge >= 0.3 is 5.97 Å². The Labute approximate surface area is 132 Å². The Kier molecular flexibility index (Phi) is 6.42. The van der Waals surface area contributed by atoms with Crippen molar-refractivity contribution in [2.45, 2.75) is 70.8 Å². The number of nitriles is 1. The van der Waals surface area contributed by atoms with Crippen molar-refractivity contribution in [1.82, 2.24) is 0 Å². The highest BCUT2D eigenvalue weighted by Crippen LogP contribution is 2.33. The predicted molar refractivity (Wildman–Crippen MR) is 82.4 cm³/mol. The molecule has 0 radical (unpaired) electrons. The summed E-state index contributed by atoms with van der Waals surface area (Å²) in [7, 11) is 0. The van der Waals surface area contributed by atoms with Gasteiger partial charge in [0.05, 0.1) is 5.92 Å². The lowest BCUT2D eigenvalue weighted by Crippen LogP contribution is -2.29. The molecule has 0 bridgehead atoms. The molecule has 2 rings (SSSR count). The Morgan fingerprint density at radius 1 is 1.18 bits per heavy atom. The molecule has 0 N–H and O–H groups in total. The Bertz CT molecular complexity index is 438. The minimum Gasteiger partial charge on any atom is -0.462 e. The van der Waals surface area contributed by atoms with E-state index in [2.05, 4.69) is 6.92 Å². The van der Waals surface area contributed by atoms with Crippen molar-refractivity contribution < 1.29 is 13.9 Å². The maximum absolute atomic E-state index is 12.9. The van der Waals surface area contributed by atoms with Gasteiger partial charge in [0.2, 0.25) is 0 Å². The molecule has 0 aliphatic heterocycles. The second kappa shape index (κ2) is 8.31. The van der Waals surface area contributed by atoms with Crippen LogP contribution in [0.1, 0.15) is 64.7 Å². The van der Waals surface area contributed by atoms with Crippen LogP contribution in [0.4, 0.5) is 4.39 Å². The molecule has 2 aliphatic carbocycles. The number of hydrogen-bond acceptors (Lipinski definition) is 3. The van der Waals surface area contributed by atoms with Crippen LogP contribution >= 0.6 is 0 Å². The van der Waals surface area contributed by atoms with Gasteiger partial charge in [0.1, 0.15) is 12.2 Å². The summed E-state index contributed by atoms with van der Waals surface area (Å²) in [4.78, 5) is 12.2. The van der Waals surface area contributed by atoms with Crippen molar-refractivity contribution in [2.75, 3.05) is 0 Å². The summed E-state index contributed by atoms with van der Waals surface area (Å²) in [6.07, 6.45) is 9.92. The van der Waals surface area contributed by atoms with E-state index in [1.54, 1.807) is 0 Å². The van der Waals surface area contributed by atoms with Gasteiger partial charge in [0, 0.05) is 0 Å². The zero-order valence-corrected chi connectivity index (χ0v) is 13.4. The van der Waals surface area contributed by atoms with Crippen LogP contribution in [0, 0.1) is 29.1 Å². The Morgan fingerprint density at radius 3 is 2.36 bits per heavy atom. The van der Waals surface area contributed by atoms with Gasteiger partial charge in [-0.15, -0.1) is 0 Å². The molecule has 0 aromatic heterocycles. The highest BCUT2D eigenvalue weighted by Gasteiger charge is 2.30. The molecule has 0 spiro atoms. The normalized spacial score (nSPS) is 33.0. The van der Waals surface area contributed by atoms with Crippen molar-refractivity contribution in [3.05, 3.63) is 11.9 Å². The average molecular weight is 307 g/mol. The predicted octanol–water partition coefficient (Wildman–Crippen LogP) is 4.68. The molecule has 2 saturated carbocycles. The van der Waals surface area contributed by atoms with Crippen LogP contribution in [-0.4, -0.2) is 12.1 Å². The number of carbonyl (C=O) groups is 1. The summed E-state index contributed by atoms with van der Waals surface area (Å²) in [5, 5.41) is 8.45. The zero-order chi connectivity index (χ0) is 15.9. The van der Waals surface area contributed by atoms with Gasteiger partial charge in [-0.1, -0.05) is 13.3 Å². The van der Waals surface area contributed by atoms with E-state index in [0.29, 0.717) is 0 Å². The molecule has 0 aromatic rings. The molecule has 2 fully saturated rings. The second-order valence-corrected chi connectivity index (χ2v) is 6.73. The first-order valence-corrected chi connectivity index (χ1v) is 8.60. The van der Waals surface area contributed by atoms with Gasteiger partial charge in [-0.05, 0) is 69.3 Å². The lowest BCUT2D eigenvalue weighted by Gasteiger charge is -2.30. The number of esters is 1. The summed E-state index contributed by atoms with van der Waals surface area (Å²) in [5.74, 6) is 0.234. The Hall–Kier alpha value is -1.37. The van der Waals surface area contributed by atoms with Gasteiger partial charge in [-0.2, -0.15) is 9.65 Å². The van der Waals surface area contributed by atoms with E-state index in [0.717, 1.165) is 57.3 Å². The van der Waals surface area contributed by atoms with Crippen molar-refractivity contribution in [1.29, 1.82) is 5.26 Å². The summed E-state index contributed by atoms with van der Waals surface area (Å²) >= 11 is 0. The fourth-order valence-electron chi connectivity index (χ4n) is 3.68. The number of halogens is 1. The zero-order valence-electron chi connectivity index (χ0n) is 13.4. The minimum absolute atomic E-state index is 0.0220. The molecule has 0 unspecified atom stereocenters. The highest BCUT2D eigenvalue weighted by molar-refractivity contribution is 5.72. The third kappa shape index (κ3) is 4.83. The van der Waals surface area contributed by atoms with Crippen LogP contribution in [0.3, 0.4) is 0 Å². The van der Waals surface area contributed by atoms with Crippen molar-refractivity contribution in [2.24, 2.45) is 17.8 Å². The van der Waals surface area contributed by atoms with E-state index >= 15 is 0 Å². The van der Waals surface area contributed by atoms with E-state index in [9.17, 15) is 9.18 Å². The van der Waals surface area contributed by atoms with Crippen molar-refractivity contribution in [3.63, 3.8) is 0 Å². The third-order valence-corrected chi connectivity index (χ3v) is 5.25. The molecular formula is C18H26FNO2. The molecule has 122 valence electrons. The van der Waals surface area contributed by atoms with E-state index in [4.69, 9.17) is 10.00 Å². The maximum atomic E-state index is 12.9. The number of nitrogens with zero attached hydrogens (tertiary/aromatic N) is 1. The molecule has 0 atom stereocenters. The third-order valence-electron chi connectivity index (χ3n) is 5.25. The van der Waals surface area contributed by atoms with E-state index in [1.165, 1.54) is 18.6 Å². The second-order valence-electron chi connectivity index (χ2n) is 6.73. The van der Waals surface area contributed by atoms with Crippen molar-refractivity contribution >= 4 is 5.97 Å². The van der Waals surface area contributed by atoms with E-state index in [-0.39, 0.29) is 23.9 Å². The molecular weight excluding hydrogens is 281 g/mol. The molecule has 4 heteroatoms. The minimum atomic E-state index is -0.701. The van der Waals surface area contributed by atoms with Gasteiger partial charge in [-0.25, -0.2) is 0 Å². The number of ether oxygens (including phenoxy) is 1. The van der Waals surface area contributed by atoms with E-state index in [1.807, 2.05) is 0 Å². The SMILES string of the molecule is CC[C@H]1CC[C@H](C(=O)O[C@H]2CC[C@H](C=C(F)C#N)CC2)CC1. The topological polar surface area (TPSA) is 50.1 Å². The van der Waals surface area contributed by atoms with Crippen LogP contribution in [-0.2, 0) is 9.53 Å². The molecule has 3 nitrogen and oxygen atoms in total. The highest BCUT2D eigenvalue weighted by atomic mass is 19.1. The summed E-state index contributed by atoms with van der Waals surface area (Å²) in [6.45, 7) is 2.21. The van der Waals surface area contributed by atoms with Gasteiger partial charge in [-0.3, -0.25) is 4.79 Å². The van der Waals surface area contributed by atoms with Crippen LogP contribution < -0.4 is 0 Å². The summed E-state index contributed by atoms with van der Waals surface area (Å²) in [6, 6.07) is 1.52. The average Bonchev–Trinajstić information content (AvgIpc) is 2.56. The lowest BCUT2D eigenvalue weighted by atomic mass is 9.81. The van der Waals surface area contributed by atoms with Crippen LogP contribution in [0.25, 0.3) is 0 Å². The number of carbonyl (C=O) groups excluding carboxylic acids is 1. The maximum Gasteiger partial charge on any atom is 0.309 e. The summed E-state index contributed by atoms with van der Waals surface area (Å²) < 4.78 is 18.6. The molecule has 0 amide bonds. The molecule has 2 aliphatic rings. The van der Waals surface area contributed by atoms with Crippen LogP contribution in [0.15, 0.2) is 11.9 Å². The first-order chi connectivity index (χ1) is 10.6. The van der Waals surface area contributed by atoms with Crippen LogP contribution in [0.5, 0.6) is 0 Å². The van der Waals surface area contributed by atoms with Crippen molar-refractivity contribution in [3.8, 4) is 6.07 Å². The molecule has 0 heterocycles. The molecule has 0 saturated heterocycles. The smallest absolute Gasteiger partial charge is 0.309 e. The first-order valence-electron chi connectivity index (χ1n) is 8.60. The fourth-order valence-corrected chi connectivity index (χ4v) is 3.68. The molecule has 22 heavy (non-hydrogen) atoms. The number of allylic oxidation sites excluding steroid dienone is 2. The largest absolute Gasteiger partial charge is 0.462 e. The monoisotopic (exact) mass is 307 g/mol. The van der Waals surface area contributed by atoms with Gasteiger partial charge in [0.15, 0.2) is 5.83 Å². The lowest BCUT2D eigenvalue weighted by molar-refractivity contribution is -0.157.